The van der Waals surface area contributed by atoms with Gasteiger partial charge in [0.15, 0.2) is 0 Å². The summed E-state index contributed by atoms with van der Waals surface area (Å²) in [6.45, 7) is 0. The van der Waals surface area contributed by atoms with E-state index in [9.17, 15) is 4.79 Å². The lowest BCUT2D eigenvalue weighted by molar-refractivity contribution is 0.100. The molecule has 2 aromatic heterocycles. The third kappa shape index (κ3) is 1.58. The molecule has 1 aromatic carbocycles. The molecule has 3 aromatic rings. The molecule has 0 bridgehead atoms. The van der Waals surface area contributed by atoms with Crippen molar-refractivity contribution in [3.8, 4) is 10.4 Å². The topological polar surface area (TPSA) is 84.7 Å². The lowest BCUT2D eigenvalue weighted by Gasteiger charge is -2.01. The second-order valence-electron chi connectivity index (χ2n) is 3.55. The van der Waals surface area contributed by atoms with Gasteiger partial charge in [-0.3, -0.25) is 9.78 Å². The van der Waals surface area contributed by atoms with Crippen molar-refractivity contribution < 1.29 is 4.79 Å². The molecular weight excluding hydrogens is 236 g/mol. The van der Waals surface area contributed by atoms with E-state index in [1.165, 1.54) is 11.3 Å². The minimum absolute atomic E-state index is 0.423. The number of aromatic nitrogens is 3. The zero-order valence-electron chi connectivity index (χ0n) is 8.68. The van der Waals surface area contributed by atoms with Crippen molar-refractivity contribution in [1.29, 1.82) is 0 Å². The summed E-state index contributed by atoms with van der Waals surface area (Å²) in [5.41, 5.74) is 9.84. The average molecular weight is 244 g/mol. The van der Waals surface area contributed by atoms with Crippen molar-refractivity contribution in [2.75, 3.05) is 0 Å². The lowest BCUT2D eigenvalue weighted by atomic mass is 10.1. The van der Waals surface area contributed by atoms with E-state index in [0.29, 0.717) is 11.1 Å². The van der Waals surface area contributed by atoms with Gasteiger partial charge in [-0.15, -0.1) is 11.3 Å². The summed E-state index contributed by atoms with van der Waals surface area (Å²) in [6.07, 6.45) is 3.31. The Morgan fingerprint density at radius 3 is 3.00 bits per heavy atom. The quantitative estimate of drug-likeness (QED) is 0.720. The van der Waals surface area contributed by atoms with E-state index in [1.54, 1.807) is 24.1 Å². The highest BCUT2D eigenvalue weighted by Gasteiger charge is 2.12. The number of nitrogens with zero attached hydrogens (tertiary/aromatic N) is 2. The number of benzene rings is 1. The van der Waals surface area contributed by atoms with Gasteiger partial charge in [0.2, 0.25) is 0 Å². The molecule has 84 valence electrons. The van der Waals surface area contributed by atoms with Crippen LogP contribution in [0.15, 0.2) is 30.2 Å². The molecular formula is C11H8N4OS. The largest absolute Gasteiger partial charge is 0.366 e. The van der Waals surface area contributed by atoms with Crippen molar-refractivity contribution in [1.82, 2.24) is 15.0 Å². The highest BCUT2D eigenvalue weighted by Crippen LogP contribution is 2.28. The summed E-state index contributed by atoms with van der Waals surface area (Å²) in [6, 6.07) is 3.68. The number of aromatic amines is 1. The molecule has 0 radical (unpaired) electrons. The number of thiazole rings is 1. The number of hydrogen-bond acceptors (Lipinski definition) is 4. The SMILES string of the molecule is NC(=O)c1cc(-c2cncs2)cc2[nH]cnc12. The zero-order valence-corrected chi connectivity index (χ0v) is 9.49. The molecule has 0 saturated heterocycles. The van der Waals surface area contributed by atoms with Crippen LogP contribution in [-0.2, 0) is 0 Å². The van der Waals surface area contributed by atoms with Crippen LogP contribution in [0.5, 0.6) is 0 Å². The standard InChI is InChI=1S/C11H8N4OS/c12-11(16)7-1-6(9-3-13-5-17-9)2-8-10(7)15-4-14-8/h1-5H,(H2,12,16)(H,14,15). The summed E-state index contributed by atoms with van der Waals surface area (Å²) >= 11 is 1.51. The van der Waals surface area contributed by atoms with Gasteiger partial charge in [-0.1, -0.05) is 0 Å². The van der Waals surface area contributed by atoms with Crippen molar-refractivity contribution in [3.05, 3.63) is 35.7 Å². The monoisotopic (exact) mass is 244 g/mol. The van der Waals surface area contributed by atoms with Crippen LogP contribution in [0.25, 0.3) is 21.5 Å². The van der Waals surface area contributed by atoms with E-state index in [4.69, 9.17) is 5.73 Å². The molecule has 0 aliphatic rings. The van der Waals surface area contributed by atoms with Crippen LogP contribution in [0, 0.1) is 0 Å². The molecule has 0 aliphatic carbocycles. The molecule has 3 rings (SSSR count). The Balaban J connectivity index is 2.31. The number of imidazole rings is 1. The lowest BCUT2D eigenvalue weighted by Crippen LogP contribution is -2.11. The first-order chi connectivity index (χ1) is 8.25. The van der Waals surface area contributed by atoms with E-state index in [1.807, 2.05) is 6.07 Å². The number of hydrogen-bond donors (Lipinski definition) is 2. The normalized spacial score (nSPS) is 10.8. The molecule has 17 heavy (non-hydrogen) atoms. The van der Waals surface area contributed by atoms with E-state index in [-0.39, 0.29) is 0 Å². The summed E-state index contributed by atoms with van der Waals surface area (Å²) < 4.78 is 0. The minimum atomic E-state index is -0.478. The number of rotatable bonds is 2. The van der Waals surface area contributed by atoms with Crippen LogP contribution in [-0.4, -0.2) is 20.9 Å². The molecule has 6 heteroatoms. The number of H-pyrrole nitrogens is 1. The number of amides is 1. The second-order valence-corrected chi connectivity index (χ2v) is 4.44. The van der Waals surface area contributed by atoms with E-state index in [2.05, 4.69) is 15.0 Å². The third-order valence-corrected chi connectivity index (χ3v) is 3.33. The van der Waals surface area contributed by atoms with Crippen molar-refractivity contribution in [2.24, 2.45) is 5.73 Å². The van der Waals surface area contributed by atoms with E-state index >= 15 is 0 Å². The van der Waals surface area contributed by atoms with Crippen LogP contribution < -0.4 is 5.73 Å². The first-order valence-electron chi connectivity index (χ1n) is 4.91. The number of carbonyl (C=O) groups is 1. The Hall–Kier alpha value is -2.21. The predicted octanol–water partition coefficient (Wildman–Crippen LogP) is 1.79. The first kappa shape index (κ1) is 9.98. The summed E-state index contributed by atoms with van der Waals surface area (Å²) in [4.78, 5) is 23.5. The highest BCUT2D eigenvalue weighted by molar-refractivity contribution is 7.13. The maximum absolute atomic E-state index is 11.4. The Bertz CT molecular complexity index is 687. The Labute approximate surface area is 100 Å². The van der Waals surface area contributed by atoms with Gasteiger partial charge in [0.05, 0.1) is 27.8 Å². The summed E-state index contributed by atoms with van der Waals surface area (Å²) in [7, 11) is 0. The van der Waals surface area contributed by atoms with Gasteiger partial charge in [-0.2, -0.15) is 0 Å². The fourth-order valence-corrected chi connectivity index (χ4v) is 2.35. The molecule has 0 unspecified atom stereocenters. The van der Waals surface area contributed by atoms with Crippen LogP contribution in [0.4, 0.5) is 0 Å². The van der Waals surface area contributed by atoms with Crippen molar-refractivity contribution in [2.45, 2.75) is 0 Å². The van der Waals surface area contributed by atoms with Gasteiger partial charge < -0.3 is 10.7 Å². The summed E-state index contributed by atoms with van der Waals surface area (Å²) in [5.74, 6) is -0.478. The van der Waals surface area contributed by atoms with Crippen LogP contribution in [0.3, 0.4) is 0 Å². The van der Waals surface area contributed by atoms with Crippen LogP contribution in [0.2, 0.25) is 0 Å². The number of primary amides is 1. The van der Waals surface area contributed by atoms with Crippen LogP contribution >= 0.6 is 11.3 Å². The molecule has 0 aliphatic heterocycles. The van der Waals surface area contributed by atoms with E-state index < -0.39 is 5.91 Å². The maximum atomic E-state index is 11.4. The highest BCUT2D eigenvalue weighted by atomic mass is 32.1. The number of nitrogens with two attached hydrogens (primary N) is 1. The molecule has 0 fully saturated rings. The molecule has 1 amide bonds. The number of fused-ring (bicyclic) bond motifs is 1. The van der Waals surface area contributed by atoms with Crippen LogP contribution in [0.1, 0.15) is 10.4 Å². The Morgan fingerprint density at radius 2 is 2.29 bits per heavy atom. The predicted molar refractivity (Wildman–Crippen MR) is 65.7 cm³/mol. The van der Waals surface area contributed by atoms with Gasteiger partial charge >= 0.3 is 0 Å². The molecule has 0 atom stereocenters. The number of nitrogens with one attached hydrogen (secondary N) is 1. The van der Waals surface area contributed by atoms with Crippen molar-refractivity contribution >= 4 is 28.3 Å². The first-order valence-corrected chi connectivity index (χ1v) is 5.79. The van der Waals surface area contributed by atoms with E-state index in [0.717, 1.165) is 16.0 Å². The van der Waals surface area contributed by atoms with Gasteiger partial charge in [-0.25, -0.2) is 4.98 Å². The number of carbonyl (C=O) groups excluding carboxylic acids is 1. The Morgan fingerprint density at radius 1 is 1.41 bits per heavy atom. The zero-order chi connectivity index (χ0) is 11.8. The molecule has 2 heterocycles. The molecule has 3 N–H and O–H groups in total. The smallest absolute Gasteiger partial charge is 0.250 e. The average Bonchev–Trinajstić information content (AvgIpc) is 2.98. The van der Waals surface area contributed by atoms with Gasteiger partial charge in [0, 0.05) is 6.20 Å². The van der Waals surface area contributed by atoms with Crippen molar-refractivity contribution in [3.63, 3.8) is 0 Å². The summed E-state index contributed by atoms with van der Waals surface area (Å²) in [5, 5.41) is 0. The maximum Gasteiger partial charge on any atom is 0.250 e. The molecule has 0 saturated carbocycles. The second kappa shape index (κ2) is 3.67. The Kier molecular flexibility index (Phi) is 2.15. The van der Waals surface area contributed by atoms with Gasteiger partial charge in [0.25, 0.3) is 5.91 Å². The fraction of sp³-hybridized carbons (Fsp3) is 0. The molecule has 5 nitrogen and oxygen atoms in total. The van der Waals surface area contributed by atoms with Gasteiger partial charge in [0.1, 0.15) is 5.52 Å². The molecule has 0 spiro atoms. The third-order valence-electron chi connectivity index (χ3n) is 2.51. The minimum Gasteiger partial charge on any atom is -0.366 e. The fourth-order valence-electron chi connectivity index (χ4n) is 1.74. The van der Waals surface area contributed by atoms with Gasteiger partial charge in [-0.05, 0) is 17.7 Å².